The number of rotatable bonds is 6. The van der Waals surface area contributed by atoms with Gasteiger partial charge in [0.2, 0.25) is 5.95 Å². The number of fused-ring (bicyclic) bond motifs is 1. The van der Waals surface area contributed by atoms with E-state index in [9.17, 15) is 4.79 Å². The lowest BCUT2D eigenvalue weighted by molar-refractivity contribution is 0.262. The molecule has 2 heterocycles. The number of urea groups is 1. The Hall–Kier alpha value is -4.72. The summed E-state index contributed by atoms with van der Waals surface area (Å²) < 4.78 is 1.89. The predicted octanol–water partition coefficient (Wildman–Crippen LogP) is 5.63. The van der Waals surface area contributed by atoms with Crippen molar-refractivity contribution in [2.75, 3.05) is 16.0 Å². The van der Waals surface area contributed by atoms with Crippen LogP contribution in [0.4, 0.5) is 22.1 Å². The summed E-state index contributed by atoms with van der Waals surface area (Å²) in [5, 5.41) is 9.00. The first-order valence-electron chi connectivity index (χ1n) is 10.9. The van der Waals surface area contributed by atoms with E-state index < -0.39 is 0 Å². The van der Waals surface area contributed by atoms with Gasteiger partial charge in [-0.25, -0.2) is 14.8 Å². The van der Waals surface area contributed by atoms with Gasteiger partial charge in [-0.2, -0.15) is 4.98 Å². The Bertz CT molecular complexity index is 1420. The fraction of sp³-hybridized carbons (Fsp3) is 0.0769. The van der Waals surface area contributed by atoms with Gasteiger partial charge in [0.05, 0.1) is 17.1 Å². The van der Waals surface area contributed by atoms with Crippen LogP contribution in [0.15, 0.2) is 97.5 Å². The van der Waals surface area contributed by atoms with Gasteiger partial charge in [0, 0.05) is 17.6 Å². The molecular formula is C26H23N7O. The topological polar surface area (TPSA) is 96.8 Å². The highest BCUT2D eigenvalue weighted by Crippen LogP contribution is 2.22. The maximum Gasteiger partial charge on any atom is 0.323 e. The molecule has 0 spiro atoms. The molecule has 1 unspecified atom stereocenters. The van der Waals surface area contributed by atoms with Crippen molar-refractivity contribution < 1.29 is 4.79 Å². The van der Waals surface area contributed by atoms with Gasteiger partial charge in [-0.3, -0.25) is 4.57 Å². The number of hydrogen-bond donors (Lipinski definition) is 3. The second-order valence-corrected chi connectivity index (χ2v) is 7.78. The highest BCUT2D eigenvalue weighted by molar-refractivity contribution is 6.00. The van der Waals surface area contributed by atoms with Crippen molar-refractivity contribution in [3.8, 4) is 5.82 Å². The minimum atomic E-state index is -0.316. The largest absolute Gasteiger partial charge is 0.348 e. The molecule has 0 aliphatic carbocycles. The van der Waals surface area contributed by atoms with Gasteiger partial charge >= 0.3 is 6.03 Å². The first-order chi connectivity index (χ1) is 16.7. The fourth-order valence-corrected chi connectivity index (χ4v) is 3.66. The van der Waals surface area contributed by atoms with Gasteiger partial charge in [0.15, 0.2) is 0 Å². The molecule has 0 saturated heterocycles. The predicted molar refractivity (Wildman–Crippen MR) is 134 cm³/mol. The molecular weight excluding hydrogens is 426 g/mol. The van der Waals surface area contributed by atoms with Crippen molar-refractivity contribution in [3.63, 3.8) is 0 Å². The van der Waals surface area contributed by atoms with Crippen molar-refractivity contribution in [1.29, 1.82) is 0 Å². The summed E-state index contributed by atoms with van der Waals surface area (Å²) in [7, 11) is 0. The van der Waals surface area contributed by atoms with Gasteiger partial charge in [0.1, 0.15) is 12.1 Å². The van der Waals surface area contributed by atoms with E-state index in [-0.39, 0.29) is 12.1 Å². The average Bonchev–Trinajstić information content (AvgIpc) is 3.28. The van der Waals surface area contributed by atoms with Gasteiger partial charge in [0.25, 0.3) is 0 Å². The molecule has 168 valence electrons. The first-order valence-corrected chi connectivity index (χ1v) is 10.9. The van der Waals surface area contributed by atoms with Gasteiger partial charge < -0.3 is 16.0 Å². The third-order valence-corrected chi connectivity index (χ3v) is 5.37. The summed E-state index contributed by atoms with van der Waals surface area (Å²) in [6.07, 6.45) is 3.43. The Morgan fingerprint density at radius 1 is 0.853 bits per heavy atom. The lowest BCUT2D eigenvalue weighted by atomic mass is 10.1. The number of imidazole rings is 1. The molecule has 0 fully saturated rings. The van der Waals surface area contributed by atoms with Crippen molar-refractivity contribution >= 4 is 34.4 Å². The molecule has 0 saturated carbocycles. The van der Waals surface area contributed by atoms with Crippen molar-refractivity contribution in [2.24, 2.45) is 0 Å². The van der Waals surface area contributed by atoms with Crippen LogP contribution >= 0.6 is 0 Å². The second-order valence-electron chi connectivity index (χ2n) is 7.78. The van der Waals surface area contributed by atoms with Crippen molar-refractivity contribution in [2.45, 2.75) is 13.0 Å². The highest BCUT2D eigenvalue weighted by atomic mass is 16.2. The van der Waals surface area contributed by atoms with Crippen LogP contribution in [0.3, 0.4) is 0 Å². The van der Waals surface area contributed by atoms with Crippen LogP contribution < -0.4 is 16.0 Å². The van der Waals surface area contributed by atoms with Gasteiger partial charge in [-0.05, 0) is 48.9 Å². The zero-order chi connectivity index (χ0) is 23.3. The number of aromatic nitrogens is 4. The normalized spacial score (nSPS) is 11.7. The van der Waals surface area contributed by atoms with E-state index in [0.29, 0.717) is 17.5 Å². The molecule has 8 heteroatoms. The summed E-state index contributed by atoms with van der Waals surface area (Å²) >= 11 is 0. The summed E-state index contributed by atoms with van der Waals surface area (Å²) in [5.74, 6) is 1.23. The Morgan fingerprint density at radius 2 is 1.59 bits per heavy atom. The van der Waals surface area contributed by atoms with Crippen LogP contribution in [0.5, 0.6) is 0 Å². The molecule has 3 N–H and O–H groups in total. The maximum absolute atomic E-state index is 12.3. The zero-order valence-corrected chi connectivity index (χ0v) is 18.5. The van der Waals surface area contributed by atoms with E-state index in [1.54, 1.807) is 12.5 Å². The number of para-hydroxylation sites is 1. The molecule has 1 atom stereocenters. The Kier molecular flexibility index (Phi) is 5.85. The molecule has 2 amide bonds. The maximum atomic E-state index is 12.3. The smallest absolute Gasteiger partial charge is 0.323 e. The molecule has 34 heavy (non-hydrogen) atoms. The Balaban J connectivity index is 1.33. The van der Waals surface area contributed by atoms with Crippen LogP contribution in [-0.2, 0) is 0 Å². The Morgan fingerprint density at radius 3 is 2.38 bits per heavy atom. The van der Waals surface area contributed by atoms with Crippen LogP contribution in [0, 0.1) is 0 Å². The van der Waals surface area contributed by atoms with E-state index in [1.165, 1.54) is 0 Å². The van der Waals surface area contributed by atoms with Crippen molar-refractivity contribution in [1.82, 2.24) is 19.5 Å². The highest BCUT2D eigenvalue weighted by Gasteiger charge is 2.11. The number of hydrogen-bond acceptors (Lipinski definition) is 5. The van der Waals surface area contributed by atoms with E-state index in [1.807, 2.05) is 77.4 Å². The molecule has 8 nitrogen and oxygen atoms in total. The number of benzene rings is 3. The number of nitrogens with zero attached hydrogens (tertiary/aromatic N) is 4. The molecule has 5 aromatic rings. The van der Waals surface area contributed by atoms with Crippen LogP contribution in [0.1, 0.15) is 18.5 Å². The average molecular weight is 450 g/mol. The summed E-state index contributed by atoms with van der Waals surface area (Å²) in [4.78, 5) is 25.8. The second kappa shape index (κ2) is 9.41. The van der Waals surface area contributed by atoms with Crippen LogP contribution in [0.25, 0.3) is 16.9 Å². The number of nitrogens with one attached hydrogen (secondary N) is 3. The third-order valence-electron chi connectivity index (χ3n) is 5.37. The Labute approximate surface area is 196 Å². The van der Waals surface area contributed by atoms with E-state index in [0.717, 1.165) is 22.3 Å². The number of anilines is 3. The molecule has 5 rings (SSSR count). The molecule has 0 aliphatic rings. The standard InChI is InChI=1S/C26H23N7O/c1-18(19-8-4-2-5-9-19)29-25-27-15-14-24(32-25)33-17-28-22-16-21(12-13-23(22)33)31-26(34)30-20-10-6-3-7-11-20/h2-18H,1H3,(H,27,29,32)(H2,30,31,34). The molecule has 2 aromatic heterocycles. The molecule has 0 bridgehead atoms. The van der Waals surface area contributed by atoms with Crippen molar-refractivity contribution in [3.05, 3.63) is 103 Å². The lowest BCUT2D eigenvalue weighted by Crippen LogP contribution is -2.19. The summed E-state index contributed by atoms with van der Waals surface area (Å²) in [6.45, 7) is 2.07. The number of amides is 2. The van der Waals surface area contributed by atoms with E-state index in [4.69, 9.17) is 0 Å². The minimum Gasteiger partial charge on any atom is -0.348 e. The minimum absolute atomic E-state index is 0.0617. The van der Waals surface area contributed by atoms with Gasteiger partial charge in [-0.15, -0.1) is 0 Å². The zero-order valence-electron chi connectivity index (χ0n) is 18.5. The van der Waals surface area contributed by atoms with Crippen LogP contribution in [0.2, 0.25) is 0 Å². The summed E-state index contributed by atoms with van der Waals surface area (Å²) in [5.41, 5.74) is 4.13. The first kappa shape index (κ1) is 21.1. The van der Waals surface area contributed by atoms with E-state index in [2.05, 4.69) is 50.0 Å². The number of carbonyl (C=O) groups excluding carboxylic acids is 1. The van der Waals surface area contributed by atoms with E-state index >= 15 is 0 Å². The van der Waals surface area contributed by atoms with Crippen LogP contribution in [-0.4, -0.2) is 25.6 Å². The fourth-order valence-electron chi connectivity index (χ4n) is 3.66. The number of carbonyl (C=O) groups is 1. The van der Waals surface area contributed by atoms with Gasteiger partial charge in [-0.1, -0.05) is 48.5 Å². The monoisotopic (exact) mass is 449 g/mol. The lowest BCUT2D eigenvalue weighted by Gasteiger charge is -2.14. The SMILES string of the molecule is CC(Nc1nccc(-n2cnc3cc(NC(=O)Nc4ccccc4)ccc32)n1)c1ccccc1. The summed E-state index contributed by atoms with van der Waals surface area (Å²) in [6, 6.07) is 26.6. The molecule has 3 aromatic carbocycles. The quantitative estimate of drug-likeness (QED) is 0.312. The molecule has 0 radical (unpaired) electrons. The third kappa shape index (κ3) is 4.71. The molecule has 0 aliphatic heterocycles.